The molecule has 0 atom stereocenters. The summed E-state index contributed by atoms with van der Waals surface area (Å²) in [4.78, 5) is 4.90. The van der Waals surface area contributed by atoms with Crippen LogP contribution >= 0.6 is 0 Å². The number of nitrogens with zero attached hydrogens (tertiary/aromatic N) is 2. The van der Waals surface area contributed by atoms with Gasteiger partial charge >= 0.3 is 0 Å². The first-order valence-electron chi connectivity index (χ1n) is 9.88. The quantitative estimate of drug-likeness (QED) is 0.621. The summed E-state index contributed by atoms with van der Waals surface area (Å²) in [6.07, 6.45) is 8.94. The van der Waals surface area contributed by atoms with E-state index in [9.17, 15) is 0 Å². The largest absolute Gasteiger partial charge is 0.403 e. The maximum Gasteiger partial charge on any atom is 0.234 e. The maximum atomic E-state index is 6.08. The second-order valence-corrected chi connectivity index (χ2v) is 7.38. The highest BCUT2D eigenvalue weighted by atomic mass is 14.9. The van der Waals surface area contributed by atoms with E-state index in [1.807, 2.05) is 18.3 Å². The summed E-state index contributed by atoms with van der Waals surface area (Å²) in [5, 5.41) is 2.50. The molecule has 1 aliphatic rings. The van der Waals surface area contributed by atoms with Gasteiger partial charge in [-0.2, -0.15) is 0 Å². The second-order valence-electron chi connectivity index (χ2n) is 7.38. The number of allylic oxidation sites excluding steroid dienone is 3. The van der Waals surface area contributed by atoms with Gasteiger partial charge in [0.25, 0.3) is 0 Å². The summed E-state index contributed by atoms with van der Waals surface area (Å²) in [6, 6.07) is 16.7. The third kappa shape index (κ3) is 3.76. The van der Waals surface area contributed by atoms with Crippen molar-refractivity contribution in [1.82, 2.24) is 4.48 Å². The maximum absolute atomic E-state index is 6.08. The van der Waals surface area contributed by atoms with Gasteiger partial charge in [0.1, 0.15) is 0 Å². The van der Waals surface area contributed by atoms with Crippen LogP contribution in [0, 0.1) is 6.92 Å². The van der Waals surface area contributed by atoms with Crippen molar-refractivity contribution in [3.63, 3.8) is 0 Å². The van der Waals surface area contributed by atoms with Crippen LogP contribution in [0.2, 0.25) is 0 Å². The summed E-state index contributed by atoms with van der Waals surface area (Å²) < 4.78 is 1.63. The van der Waals surface area contributed by atoms with E-state index >= 15 is 0 Å². The number of aryl methyl sites for hydroxylation is 1. The molecule has 0 saturated carbocycles. The molecule has 0 fully saturated rings. The van der Waals surface area contributed by atoms with Gasteiger partial charge in [-0.1, -0.05) is 42.5 Å². The Morgan fingerprint density at radius 1 is 1.07 bits per heavy atom. The SMILES string of the molecule is [B]n1cccc1/C(CCN)=C1N=C(/C=C/c2c(C)ccc3ccccc23)C=C\1C. The molecule has 2 radical (unpaired) electrons. The van der Waals surface area contributed by atoms with Crippen molar-refractivity contribution < 1.29 is 0 Å². The molecule has 4 rings (SSSR count). The van der Waals surface area contributed by atoms with Crippen molar-refractivity contribution in [2.24, 2.45) is 10.7 Å². The van der Waals surface area contributed by atoms with Gasteiger partial charge in [-0.25, -0.2) is 4.99 Å². The Balaban J connectivity index is 1.75. The van der Waals surface area contributed by atoms with Crippen molar-refractivity contribution in [3.05, 3.63) is 95.0 Å². The highest BCUT2D eigenvalue weighted by Gasteiger charge is 2.17. The average Bonchev–Trinajstić information content (AvgIpc) is 3.31. The molecule has 1 aliphatic heterocycles. The minimum Gasteiger partial charge on any atom is -0.403 e. The summed E-state index contributed by atoms with van der Waals surface area (Å²) in [7, 11) is 6.08. The predicted molar refractivity (Wildman–Crippen MR) is 125 cm³/mol. The molecule has 2 N–H and O–H groups in total. The van der Waals surface area contributed by atoms with Gasteiger partial charge in [-0.3, -0.25) is 0 Å². The monoisotopic (exact) mass is 377 g/mol. The number of nitrogens with two attached hydrogens (primary N) is 1. The topological polar surface area (TPSA) is 43.3 Å². The minimum atomic E-state index is 0.549. The molecule has 142 valence electrons. The van der Waals surface area contributed by atoms with Gasteiger partial charge in [-0.15, -0.1) is 0 Å². The number of hydrogen-bond acceptors (Lipinski definition) is 2. The standard InChI is InChI=1S/C25H24BN3/c1-17-9-10-19-6-3-4-7-22(19)21(17)12-11-20-16-18(2)25(28-20)23(13-14-27)24-8-5-15-29(24)26/h3-12,15-16H,13-14,27H2,1-2H3/b12-11+,25-23-. The zero-order chi connectivity index (χ0) is 20.4. The Morgan fingerprint density at radius 3 is 2.66 bits per heavy atom. The number of rotatable bonds is 5. The number of fused-ring (bicyclic) bond motifs is 1. The lowest BCUT2D eigenvalue weighted by Gasteiger charge is -2.11. The molecular weight excluding hydrogens is 353 g/mol. The minimum absolute atomic E-state index is 0.549. The van der Waals surface area contributed by atoms with Crippen molar-refractivity contribution in [2.75, 3.05) is 6.54 Å². The van der Waals surface area contributed by atoms with Crippen molar-refractivity contribution in [3.8, 4) is 0 Å². The van der Waals surface area contributed by atoms with Crippen molar-refractivity contribution >= 4 is 36.1 Å². The molecule has 1 aromatic heterocycles. The lowest BCUT2D eigenvalue weighted by Crippen LogP contribution is -2.05. The lowest BCUT2D eigenvalue weighted by atomic mass is 9.99. The van der Waals surface area contributed by atoms with Gasteiger partial charge in [0, 0.05) is 11.3 Å². The van der Waals surface area contributed by atoms with E-state index in [2.05, 4.69) is 68.5 Å². The van der Waals surface area contributed by atoms with E-state index in [1.54, 1.807) is 4.48 Å². The molecule has 0 saturated heterocycles. The molecule has 3 nitrogen and oxygen atoms in total. The summed E-state index contributed by atoms with van der Waals surface area (Å²) in [5.41, 5.74) is 13.4. The number of aliphatic imine (C=N–C) groups is 1. The molecule has 0 amide bonds. The van der Waals surface area contributed by atoms with E-state index < -0.39 is 0 Å². The highest BCUT2D eigenvalue weighted by molar-refractivity contribution is 6.12. The molecule has 0 unspecified atom stereocenters. The average molecular weight is 377 g/mol. The van der Waals surface area contributed by atoms with Crippen molar-refractivity contribution in [2.45, 2.75) is 20.3 Å². The zero-order valence-corrected chi connectivity index (χ0v) is 16.9. The van der Waals surface area contributed by atoms with Crippen LogP contribution in [0.3, 0.4) is 0 Å². The predicted octanol–water partition coefficient (Wildman–Crippen LogP) is 5.06. The van der Waals surface area contributed by atoms with E-state index in [0.717, 1.165) is 34.7 Å². The van der Waals surface area contributed by atoms with Crippen LogP contribution in [0.5, 0.6) is 0 Å². The van der Waals surface area contributed by atoms with Gasteiger partial charge in [0.15, 0.2) is 0 Å². The molecule has 0 bridgehead atoms. The third-order valence-corrected chi connectivity index (χ3v) is 5.36. The van der Waals surface area contributed by atoms with Crippen LogP contribution in [-0.4, -0.2) is 24.7 Å². The van der Waals surface area contributed by atoms with E-state index in [-0.39, 0.29) is 0 Å². The fraction of sp³-hybridized carbons (Fsp3) is 0.160. The first-order chi connectivity index (χ1) is 14.1. The lowest BCUT2D eigenvalue weighted by molar-refractivity contribution is 0.997. The molecule has 4 heteroatoms. The molecule has 3 aromatic rings. The molecule has 0 aliphatic carbocycles. The van der Waals surface area contributed by atoms with Gasteiger partial charge < -0.3 is 10.2 Å². The Morgan fingerprint density at radius 2 is 1.90 bits per heavy atom. The van der Waals surface area contributed by atoms with E-state index in [4.69, 9.17) is 18.7 Å². The van der Waals surface area contributed by atoms with Gasteiger partial charge in [0.05, 0.1) is 11.4 Å². The fourth-order valence-corrected chi connectivity index (χ4v) is 3.89. The Labute approximate surface area is 173 Å². The molecule has 2 heterocycles. The summed E-state index contributed by atoms with van der Waals surface area (Å²) in [6.45, 7) is 4.78. The fourth-order valence-electron chi connectivity index (χ4n) is 3.89. The van der Waals surface area contributed by atoms with Crippen LogP contribution in [0.1, 0.15) is 30.2 Å². The number of benzene rings is 2. The summed E-state index contributed by atoms with van der Waals surface area (Å²) >= 11 is 0. The number of aromatic nitrogens is 1. The van der Waals surface area contributed by atoms with Crippen LogP contribution in [-0.2, 0) is 0 Å². The first kappa shape index (κ1) is 19.2. The normalized spacial score (nSPS) is 15.8. The van der Waals surface area contributed by atoms with Crippen LogP contribution in [0.25, 0.3) is 22.4 Å². The Hall–Kier alpha value is -3.11. The van der Waals surface area contributed by atoms with Crippen molar-refractivity contribution in [1.29, 1.82) is 0 Å². The van der Waals surface area contributed by atoms with Crippen LogP contribution in [0.4, 0.5) is 0 Å². The molecule has 2 aromatic carbocycles. The smallest absolute Gasteiger partial charge is 0.234 e. The Bertz CT molecular complexity index is 1190. The molecular formula is C25H24BN3. The van der Waals surface area contributed by atoms with Crippen LogP contribution < -0.4 is 5.73 Å². The van der Waals surface area contributed by atoms with E-state index in [1.165, 1.54) is 21.9 Å². The zero-order valence-electron chi connectivity index (χ0n) is 16.9. The van der Waals surface area contributed by atoms with Gasteiger partial charge in [-0.05, 0) is 84.8 Å². The number of hydrogen-bond donors (Lipinski definition) is 1. The van der Waals surface area contributed by atoms with Gasteiger partial charge in [0.2, 0.25) is 7.98 Å². The third-order valence-electron chi connectivity index (χ3n) is 5.36. The highest BCUT2D eigenvalue weighted by Crippen LogP contribution is 2.31. The first-order valence-corrected chi connectivity index (χ1v) is 9.88. The summed E-state index contributed by atoms with van der Waals surface area (Å²) in [5.74, 6) is 0. The molecule has 0 spiro atoms. The van der Waals surface area contributed by atoms with Crippen LogP contribution in [0.15, 0.2) is 83.1 Å². The Kier molecular flexibility index (Phi) is 5.37. The molecule has 29 heavy (non-hydrogen) atoms. The second kappa shape index (κ2) is 8.10. The van der Waals surface area contributed by atoms with E-state index in [0.29, 0.717) is 6.54 Å².